The molecule has 2 amide bonds. The lowest BCUT2D eigenvalue weighted by Gasteiger charge is -2.10. The molecule has 1 unspecified atom stereocenters. The molecule has 5 nitrogen and oxygen atoms in total. The maximum atomic E-state index is 11.4. The number of nitrogens with one attached hydrogen (secondary N) is 1. The first-order valence-corrected chi connectivity index (χ1v) is 4.49. The van der Waals surface area contributed by atoms with E-state index < -0.39 is 17.9 Å². The van der Waals surface area contributed by atoms with Crippen LogP contribution in [0.25, 0.3) is 0 Å². The van der Waals surface area contributed by atoms with E-state index in [4.69, 9.17) is 11.5 Å². The number of carbonyl (C=O) groups is 2. The molecule has 0 aromatic heterocycles. The number of hydrogen-bond acceptors (Lipinski definition) is 3. The van der Waals surface area contributed by atoms with Gasteiger partial charge in [0.15, 0.2) is 0 Å². The lowest BCUT2D eigenvalue weighted by Crippen LogP contribution is -2.38. The molecule has 0 aliphatic heterocycles. The number of anilines is 1. The number of nitrogens with two attached hydrogens (primary N) is 2. The lowest BCUT2D eigenvalue weighted by atomic mass is 10.2. The fourth-order valence-corrected chi connectivity index (χ4v) is 1.07. The van der Waals surface area contributed by atoms with E-state index in [0.29, 0.717) is 5.69 Å². The molecule has 0 bridgehead atoms. The maximum Gasteiger partial charge on any atom is 0.241 e. The van der Waals surface area contributed by atoms with Crippen LogP contribution in [0.1, 0.15) is 6.42 Å². The predicted octanol–water partition coefficient (Wildman–Crippen LogP) is 0.671. The van der Waals surface area contributed by atoms with Gasteiger partial charge in [0.05, 0.1) is 12.5 Å². The van der Waals surface area contributed by atoms with Crippen molar-refractivity contribution in [2.45, 2.75) is 12.5 Å². The fourth-order valence-electron chi connectivity index (χ4n) is 1.07. The molecule has 96 valence electrons. The summed E-state index contributed by atoms with van der Waals surface area (Å²) in [4.78, 5) is 21.9. The number of carbonyl (C=O) groups excluding carboxylic acids is 2. The summed E-state index contributed by atoms with van der Waals surface area (Å²) >= 11 is 0. The molecule has 1 aromatic carbocycles. The Balaban J connectivity index is 0. The van der Waals surface area contributed by atoms with Crippen LogP contribution in [0.15, 0.2) is 30.3 Å². The maximum absolute atomic E-state index is 11.4. The van der Waals surface area contributed by atoms with Crippen LogP contribution in [0, 0.1) is 0 Å². The average Bonchev–Trinajstić information content (AvgIpc) is 2.18. The van der Waals surface area contributed by atoms with E-state index in [1.165, 1.54) is 0 Å². The highest BCUT2D eigenvalue weighted by atomic mass is 35.5. The molecule has 1 atom stereocenters. The number of benzene rings is 1. The molecule has 0 saturated heterocycles. The van der Waals surface area contributed by atoms with Gasteiger partial charge < -0.3 is 16.8 Å². The van der Waals surface area contributed by atoms with E-state index in [0.717, 1.165) is 0 Å². The van der Waals surface area contributed by atoms with Crippen molar-refractivity contribution >= 4 is 42.3 Å². The molecule has 0 aliphatic rings. The van der Waals surface area contributed by atoms with Crippen molar-refractivity contribution in [3.05, 3.63) is 30.3 Å². The van der Waals surface area contributed by atoms with Crippen molar-refractivity contribution in [3.8, 4) is 0 Å². The van der Waals surface area contributed by atoms with Crippen LogP contribution in [0.2, 0.25) is 0 Å². The Morgan fingerprint density at radius 3 is 2.18 bits per heavy atom. The molecule has 1 rings (SSSR count). The summed E-state index contributed by atoms with van der Waals surface area (Å²) < 4.78 is 0. The number of amides is 2. The van der Waals surface area contributed by atoms with E-state index in [9.17, 15) is 9.59 Å². The Bertz CT molecular complexity index is 360. The van der Waals surface area contributed by atoms with Gasteiger partial charge in [0.25, 0.3) is 0 Å². The molecule has 0 radical (unpaired) electrons. The summed E-state index contributed by atoms with van der Waals surface area (Å²) in [7, 11) is 0. The lowest BCUT2D eigenvalue weighted by molar-refractivity contribution is -0.123. The molecular formula is C10H15Cl2N3O2. The minimum atomic E-state index is -0.900. The largest absolute Gasteiger partial charge is 0.370 e. The van der Waals surface area contributed by atoms with E-state index in [1.807, 2.05) is 6.07 Å². The van der Waals surface area contributed by atoms with Gasteiger partial charge in [0.1, 0.15) is 0 Å². The number of halogens is 2. The first kappa shape index (κ1) is 18.1. The Labute approximate surface area is 112 Å². The van der Waals surface area contributed by atoms with Crippen LogP contribution in [0.4, 0.5) is 5.69 Å². The molecular weight excluding hydrogens is 265 g/mol. The van der Waals surface area contributed by atoms with Crippen molar-refractivity contribution in [1.29, 1.82) is 0 Å². The van der Waals surface area contributed by atoms with Gasteiger partial charge in [-0.15, -0.1) is 24.8 Å². The van der Waals surface area contributed by atoms with Gasteiger partial charge in [-0.25, -0.2) is 0 Å². The molecule has 0 saturated carbocycles. The molecule has 7 heteroatoms. The predicted molar refractivity (Wildman–Crippen MR) is 71.4 cm³/mol. The second-order valence-corrected chi connectivity index (χ2v) is 3.13. The molecule has 0 heterocycles. The van der Waals surface area contributed by atoms with Gasteiger partial charge in [-0.3, -0.25) is 9.59 Å². The minimum absolute atomic E-state index is 0. The second-order valence-electron chi connectivity index (χ2n) is 3.13. The van der Waals surface area contributed by atoms with E-state index in [-0.39, 0.29) is 31.2 Å². The normalized spacial score (nSPS) is 10.4. The van der Waals surface area contributed by atoms with Gasteiger partial charge in [0, 0.05) is 5.69 Å². The zero-order valence-electron chi connectivity index (χ0n) is 8.96. The van der Waals surface area contributed by atoms with Crippen molar-refractivity contribution in [1.82, 2.24) is 0 Å². The molecule has 5 N–H and O–H groups in total. The first-order chi connectivity index (χ1) is 7.09. The topological polar surface area (TPSA) is 98.2 Å². The van der Waals surface area contributed by atoms with Crippen LogP contribution < -0.4 is 16.8 Å². The minimum Gasteiger partial charge on any atom is -0.370 e. The van der Waals surface area contributed by atoms with E-state index >= 15 is 0 Å². The summed E-state index contributed by atoms with van der Waals surface area (Å²) in [5.41, 5.74) is 11.0. The summed E-state index contributed by atoms with van der Waals surface area (Å²) in [6.45, 7) is 0. The molecule has 17 heavy (non-hydrogen) atoms. The number of rotatable bonds is 4. The van der Waals surface area contributed by atoms with Crippen LogP contribution >= 0.6 is 24.8 Å². The first-order valence-electron chi connectivity index (χ1n) is 4.49. The fraction of sp³-hybridized carbons (Fsp3) is 0.200. The van der Waals surface area contributed by atoms with Crippen LogP contribution in [0.5, 0.6) is 0 Å². The molecule has 1 aromatic rings. The zero-order valence-corrected chi connectivity index (χ0v) is 10.6. The van der Waals surface area contributed by atoms with Gasteiger partial charge in [0.2, 0.25) is 11.8 Å². The summed E-state index contributed by atoms with van der Waals surface area (Å²) in [5.74, 6) is -1.01. The van der Waals surface area contributed by atoms with Gasteiger partial charge in [-0.05, 0) is 12.1 Å². The average molecular weight is 280 g/mol. The molecule has 0 aliphatic carbocycles. The monoisotopic (exact) mass is 279 g/mol. The van der Waals surface area contributed by atoms with Gasteiger partial charge >= 0.3 is 0 Å². The SMILES string of the molecule is Cl.Cl.NC(=O)CC(N)C(=O)Nc1ccccc1. The Hall–Kier alpha value is -1.30. The van der Waals surface area contributed by atoms with Crippen LogP contribution in [0.3, 0.4) is 0 Å². The van der Waals surface area contributed by atoms with E-state index in [2.05, 4.69) is 5.32 Å². The quantitative estimate of drug-likeness (QED) is 0.756. The van der Waals surface area contributed by atoms with Crippen molar-refractivity contribution < 1.29 is 9.59 Å². The van der Waals surface area contributed by atoms with Gasteiger partial charge in [-0.2, -0.15) is 0 Å². The number of hydrogen-bond donors (Lipinski definition) is 3. The van der Waals surface area contributed by atoms with Crippen LogP contribution in [-0.2, 0) is 9.59 Å². The van der Waals surface area contributed by atoms with Gasteiger partial charge in [-0.1, -0.05) is 18.2 Å². The Morgan fingerprint density at radius 1 is 1.18 bits per heavy atom. The third-order valence-electron chi connectivity index (χ3n) is 1.80. The smallest absolute Gasteiger partial charge is 0.241 e. The Kier molecular flexibility index (Phi) is 9.36. The number of primary amides is 1. The van der Waals surface area contributed by atoms with Crippen molar-refractivity contribution in [3.63, 3.8) is 0 Å². The van der Waals surface area contributed by atoms with E-state index in [1.54, 1.807) is 24.3 Å². The van der Waals surface area contributed by atoms with Crippen molar-refractivity contribution in [2.24, 2.45) is 11.5 Å². The zero-order chi connectivity index (χ0) is 11.3. The second kappa shape index (κ2) is 8.81. The summed E-state index contributed by atoms with van der Waals surface area (Å²) in [6.07, 6.45) is -0.154. The highest BCUT2D eigenvalue weighted by Crippen LogP contribution is 2.05. The third-order valence-corrected chi connectivity index (χ3v) is 1.80. The highest BCUT2D eigenvalue weighted by Gasteiger charge is 2.15. The van der Waals surface area contributed by atoms with Crippen LogP contribution in [-0.4, -0.2) is 17.9 Å². The standard InChI is InChI=1S/C10H13N3O2.2ClH/c11-8(6-9(12)14)10(15)13-7-4-2-1-3-5-7;;/h1-5,8H,6,11H2,(H2,12,14)(H,13,15);2*1H. The highest BCUT2D eigenvalue weighted by molar-refractivity contribution is 5.97. The number of para-hydroxylation sites is 1. The summed E-state index contributed by atoms with van der Waals surface area (Å²) in [6, 6.07) is 7.97. The molecule has 0 fully saturated rings. The van der Waals surface area contributed by atoms with Crippen molar-refractivity contribution in [2.75, 3.05) is 5.32 Å². The Morgan fingerprint density at radius 2 is 1.71 bits per heavy atom. The molecule has 0 spiro atoms. The third kappa shape index (κ3) is 6.78. The summed E-state index contributed by atoms with van der Waals surface area (Å²) in [5, 5.41) is 2.58.